The van der Waals surface area contributed by atoms with E-state index in [9.17, 15) is 0 Å². The highest BCUT2D eigenvalue weighted by molar-refractivity contribution is 4.98. The fourth-order valence-corrected chi connectivity index (χ4v) is 2.54. The molecule has 76 valence electrons. The third-order valence-corrected chi connectivity index (χ3v) is 3.32. The highest BCUT2D eigenvalue weighted by Gasteiger charge is 2.38. The zero-order valence-electron chi connectivity index (χ0n) is 8.68. The molecule has 0 aliphatic carbocycles. The van der Waals surface area contributed by atoms with Crippen molar-refractivity contribution in [1.82, 2.24) is 10.2 Å². The second-order valence-electron chi connectivity index (χ2n) is 4.60. The molecule has 0 aromatic carbocycles. The van der Waals surface area contributed by atoms with Crippen LogP contribution in [0.15, 0.2) is 0 Å². The van der Waals surface area contributed by atoms with Crippen molar-refractivity contribution in [2.45, 2.75) is 31.8 Å². The number of morpholine rings is 1. The molecular formula is C10H20N2O. The second-order valence-corrected chi connectivity index (χ2v) is 4.60. The molecule has 1 atom stereocenters. The van der Waals surface area contributed by atoms with Gasteiger partial charge in [-0.25, -0.2) is 0 Å². The van der Waals surface area contributed by atoms with E-state index in [1.807, 2.05) is 0 Å². The molecule has 0 bridgehead atoms. The zero-order chi connectivity index (χ0) is 9.31. The van der Waals surface area contributed by atoms with Crippen molar-refractivity contribution in [3.05, 3.63) is 0 Å². The maximum Gasteiger partial charge on any atom is 0.0594 e. The number of ether oxygens (including phenoxy) is 1. The molecule has 2 aliphatic heterocycles. The van der Waals surface area contributed by atoms with E-state index in [1.165, 1.54) is 6.42 Å². The van der Waals surface area contributed by atoms with Crippen molar-refractivity contribution in [2.24, 2.45) is 0 Å². The Kier molecular flexibility index (Phi) is 2.58. The van der Waals surface area contributed by atoms with Crippen molar-refractivity contribution >= 4 is 0 Å². The van der Waals surface area contributed by atoms with E-state index in [-0.39, 0.29) is 5.54 Å². The minimum Gasteiger partial charge on any atom is -0.379 e. The van der Waals surface area contributed by atoms with Gasteiger partial charge in [0.2, 0.25) is 0 Å². The molecule has 2 rings (SSSR count). The SMILES string of the molecule is CC1(C)NCCC1N1CCOCC1. The third-order valence-electron chi connectivity index (χ3n) is 3.32. The van der Waals surface area contributed by atoms with Crippen LogP contribution in [-0.2, 0) is 4.74 Å². The van der Waals surface area contributed by atoms with Crippen LogP contribution in [0.4, 0.5) is 0 Å². The fourth-order valence-electron chi connectivity index (χ4n) is 2.54. The first kappa shape index (κ1) is 9.44. The zero-order valence-corrected chi connectivity index (χ0v) is 8.68. The Labute approximate surface area is 80.4 Å². The van der Waals surface area contributed by atoms with Crippen LogP contribution in [-0.4, -0.2) is 49.3 Å². The standard InChI is InChI=1S/C10H20N2O/c1-10(2)9(3-4-11-10)12-5-7-13-8-6-12/h9,11H,3-8H2,1-2H3. The van der Waals surface area contributed by atoms with E-state index in [0.717, 1.165) is 32.8 Å². The van der Waals surface area contributed by atoms with Gasteiger partial charge in [-0.2, -0.15) is 0 Å². The summed E-state index contributed by atoms with van der Waals surface area (Å²) in [6.45, 7) is 9.81. The average molecular weight is 184 g/mol. The molecule has 1 N–H and O–H groups in total. The van der Waals surface area contributed by atoms with Gasteiger partial charge < -0.3 is 10.1 Å². The van der Waals surface area contributed by atoms with Crippen LogP contribution >= 0.6 is 0 Å². The molecule has 1 unspecified atom stereocenters. The largest absolute Gasteiger partial charge is 0.379 e. The number of hydrogen-bond donors (Lipinski definition) is 1. The number of rotatable bonds is 1. The van der Waals surface area contributed by atoms with E-state index >= 15 is 0 Å². The van der Waals surface area contributed by atoms with E-state index in [2.05, 4.69) is 24.1 Å². The molecular weight excluding hydrogens is 164 g/mol. The molecule has 13 heavy (non-hydrogen) atoms. The lowest BCUT2D eigenvalue weighted by Crippen LogP contribution is -2.54. The monoisotopic (exact) mass is 184 g/mol. The topological polar surface area (TPSA) is 24.5 Å². The molecule has 2 heterocycles. The molecule has 2 aliphatic rings. The van der Waals surface area contributed by atoms with Crippen molar-refractivity contribution in [3.8, 4) is 0 Å². The van der Waals surface area contributed by atoms with Gasteiger partial charge in [0.05, 0.1) is 13.2 Å². The van der Waals surface area contributed by atoms with Crippen LogP contribution in [0.1, 0.15) is 20.3 Å². The van der Waals surface area contributed by atoms with Crippen molar-refractivity contribution in [1.29, 1.82) is 0 Å². The number of hydrogen-bond acceptors (Lipinski definition) is 3. The Morgan fingerprint density at radius 2 is 2.00 bits per heavy atom. The van der Waals surface area contributed by atoms with Gasteiger partial charge >= 0.3 is 0 Å². The first-order valence-electron chi connectivity index (χ1n) is 5.27. The first-order valence-corrected chi connectivity index (χ1v) is 5.27. The summed E-state index contributed by atoms with van der Waals surface area (Å²) >= 11 is 0. The Morgan fingerprint density at radius 3 is 2.54 bits per heavy atom. The number of nitrogens with zero attached hydrogens (tertiary/aromatic N) is 1. The lowest BCUT2D eigenvalue weighted by Gasteiger charge is -2.39. The summed E-state index contributed by atoms with van der Waals surface area (Å²) in [4.78, 5) is 2.57. The van der Waals surface area contributed by atoms with Gasteiger partial charge in [-0.1, -0.05) is 0 Å². The predicted octanol–water partition coefficient (Wildman–Crippen LogP) is 0.459. The Balaban J connectivity index is 1.98. The maximum absolute atomic E-state index is 5.37. The van der Waals surface area contributed by atoms with Crippen LogP contribution in [0.3, 0.4) is 0 Å². The predicted molar refractivity (Wildman–Crippen MR) is 52.9 cm³/mol. The van der Waals surface area contributed by atoms with E-state index in [0.29, 0.717) is 6.04 Å². The van der Waals surface area contributed by atoms with Crippen LogP contribution < -0.4 is 5.32 Å². The van der Waals surface area contributed by atoms with Gasteiger partial charge in [-0.15, -0.1) is 0 Å². The Bertz CT molecular complexity index is 176. The summed E-state index contributed by atoms with van der Waals surface area (Å²) in [5, 5.41) is 3.56. The summed E-state index contributed by atoms with van der Waals surface area (Å²) in [7, 11) is 0. The summed E-state index contributed by atoms with van der Waals surface area (Å²) in [6.07, 6.45) is 1.28. The van der Waals surface area contributed by atoms with Gasteiger partial charge in [0, 0.05) is 24.7 Å². The summed E-state index contributed by atoms with van der Waals surface area (Å²) in [5.41, 5.74) is 0.289. The van der Waals surface area contributed by atoms with Crippen LogP contribution in [0.2, 0.25) is 0 Å². The van der Waals surface area contributed by atoms with Crippen LogP contribution in [0.25, 0.3) is 0 Å². The maximum atomic E-state index is 5.37. The van der Waals surface area contributed by atoms with Gasteiger partial charge in [0.15, 0.2) is 0 Å². The van der Waals surface area contributed by atoms with Crippen LogP contribution in [0.5, 0.6) is 0 Å². The first-order chi connectivity index (χ1) is 6.20. The molecule has 0 aromatic rings. The molecule has 0 amide bonds. The minimum absolute atomic E-state index is 0.289. The molecule has 2 fully saturated rings. The molecule has 0 spiro atoms. The van der Waals surface area contributed by atoms with Crippen molar-refractivity contribution in [3.63, 3.8) is 0 Å². The molecule has 3 heteroatoms. The minimum atomic E-state index is 0.289. The van der Waals surface area contributed by atoms with E-state index in [4.69, 9.17) is 4.74 Å². The van der Waals surface area contributed by atoms with Crippen LogP contribution in [0, 0.1) is 0 Å². The molecule has 2 saturated heterocycles. The quantitative estimate of drug-likeness (QED) is 0.641. The summed E-state index contributed by atoms with van der Waals surface area (Å²) in [6, 6.07) is 0.705. The molecule has 0 radical (unpaired) electrons. The number of nitrogens with one attached hydrogen (secondary N) is 1. The van der Waals surface area contributed by atoms with Gasteiger partial charge in [0.25, 0.3) is 0 Å². The molecule has 0 saturated carbocycles. The van der Waals surface area contributed by atoms with E-state index < -0.39 is 0 Å². The highest BCUT2D eigenvalue weighted by Crippen LogP contribution is 2.24. The summed E-state index contributed by atoms with van der Waals surface area (Å²) < 4.78 is 5.37. The highest BCUT2D eigenvalue weighted by atomic mass is 16.5. The molecule has 0 aromatic heterocycles. The van der Waals surface area contributed by atoms with Crippen molar-refractivity contribution in [2.75, 3.05) is 32.8 Å². The Hall–Kier alpha value is -0.120. The van der Waals surface area contributed by atoms with E-state index in [1.54, 1.807) is 0 Å². The third kappa shape index (κ3) is 1.87. The summed E-state index contributed by atoms with van der Waals surface area (Å²) in [5.74, 6) is 0. The second kappa shape index (κ2) is 3.56. The molecule has 3 nitrogen and oxygen atoms in total. The van der Waals surface area contributed by atoms with Gasteiger partial charge in [0.1, 0.15) is 0 Å². The van der Waals surface area contributed by atoms with Gasteiger partial charge in [-0.3, -0.25) is 4.90 Å². The average Bonchev–Trinajstić information content (AvgIpc) is 2.47. The lowest BCUT2D eigenvalue weighted by atomic mass is 9.95. The Morgan fingerprint density at radius 1 is 1.31 bits per heavy atom. The fraction of sp³-hybridized carbons (Fsp3) is 1.00. The van der Waals surface area contributed by atoms with Crippen molar-refractivity contribution < 1.29 is 4.74 Å². The normalized spacial score (nSPS) is 35.1. The van der Waals surface area contributed by atoms with Gasteiger partial charge in [-0.05, 0) is 26.8 Å². The smallest absolute Gasteiger partial charge is 0.0594 e. The lowest BCUT2D eigenvalue weighted by molar-refractivity contribution is 0.00574.